The molecular weight excluding hydrogens is 296 g/mol. The number of hydrogen-bond donors (Lipinski definition) is 0. The normalized spacial score (nSPS) is 19.0. The molecule has 1 aliphatic rings. The van der Waals surface area contributed by atoms with Gasteiger partial charge in [-0.1, -0.05) is 37.8 Å². The molecule has 1 aromatic carbocycles. The quantitative estimate of drug-likeness (QED) is 0.790. The second-order valence-electron chi connectivity index (χ2n) is 7.12. The molecule has 1 fully saturated rings. The first-order chi connectivity index (χ1) is 11.5. The lowest BCUT2D eigenvalue weighted by Crippen LogP contribution is -2.28. The van der Waals surface area contributed by atoms with E-state index < -0.39 is 0 Å². The van der Waals surface area contributed by atoms with E-state index >= 15 is 0 Å². The third-order valence-corrected chi connectivity index (χ3v) is 4.58. The molecule has 0 N–H and O–H groups in total. The highest BCUT2D eigenvalue weighted by atomic mass is 16.5. The number of aryl methyl sites for hydroxylation is 1. The van der Waals surface area contributed by atoms with Crippen molar-refractivity contribution >= 4 is 5.82 Å². The molecule has 1 aliphatic heterocycles. The van der Waals surface area contributed by atoms with Crippen LogP contribution in [-0.4, -0.2) is 31.3 Å². The summed E-state index contributed by atoms with van der Waals surface area (Å²) in [5.74, 6) is 7.37. The lowest BCUT2D eigenvalue weighted by molar-refractivity contribution is 0.0445. The molecule has 124 valence electrons. The molecular formula is C21H24N2O. The molecule has 0 spiro atoms. The Hall–Kier alpha value is -2.31. The summed E-state index contributed by atoms with van der Waals surface area (Å²) in [6.07, 6.45) is 2.09. The first kappa shape index (κ1) is 16.5. The summed E-state index contributed by atoms with van der Waals surface area (Å²) in [7, 11) is 1.79. The van der Waals surface area contributed by atoms with Crippen LogP contribution in [0, 0.1) is 24.2 Å². The number of benzene rings is 1. The molecule has 0 bridgehead atoms. The minimum Gasteiger partial charge on any atom is -0.379 e. The van der Waals surface area contributed by atoms with Crippen molar-refractivity contribution in [1.29, 1.82) is 0 Å². The zero-order chi connectivity index (χ0) is 17.2. The third-order valence-electron chi connectivity index (χ3n) is 4.58. The Bertz CT molecular complexity index is 768. The summed E-state index contributed by atoms with van der Waals surface area (Å²) in [5.41, 5.74) is 3.32. The van der Waals surface area contributed by atoms with Crippen LogP contribution in [0.25, 0.3) is 0 Å². The van der Waals surface area contributed by atoms with Crippen molar-refractivity contribution < 1.29 is 4.74 Å². The number of rotatable bonds is 2. The van der Waals surface area contributed by atoms with Crippen molar-refractivity contribution in [2.24, 2.45) is 5.41 Å². The van der Waals surface area contributed by atoms with Crippen molar-refractivity contribution in [3.63, 3.8) is 0 Å². The standard InChI is InChI=1S/C21H24N2O/c1-16-6-5-7-17(12-16)8-9-18-10-11-20(22-13-18)23-14-19(24-4)21(2,3)15-23/h5-7,10-13,19H,14-15H2,1-4H3. The van der Waals surface area contributed by atoms with E-state index in [9.17, 15) is 0 Å². The summed E-state index contributed by atoms with van der Waals surface area (Å²) in [6, 6.07) is 12.3. The molecule has 1 saturated heterocycles. The smallest absolute Gasteiger partial charge is 0.128 e. The zero-order valence-corrected chi connectivity index (χ0v) is 14.8. The van der Waals surface area contributed by atoms with E-state index in [1.807, 2.05) is 30.5 Å². The fraction of sp³-hybridized carbons (Fsp3) is 0.381. The van der Waals surface area contributed by atoms with Gasteiger partial charge >= 0.3 is 0 Å². The number of nitrogens with zero attached hydrogens (tertiary/aromatic N) is 2. The van der Waals surface area contributed by atoms with Crippen molar-refractivity contribution in [3.8, 4) is 11.8 Å². The minimum absolute atomic E-state index is 0.139. The number of pyridine rings is 1. The number of methoxy groups -OCH3 is 1. The largest absolute Gasteiger partial charge is 0.379 e. The van der Waals surface area contributed by atoms with Crippen molar-refractivity contribution in [1.82, 2.24) is 4.98 Å². The summed E-state index contributed by atoms with van der Waals surface area (Å²) >= 11 is 0. The van der Waals surface area contributed by atoms with E-state index in [0.29, 0.717) is 0 Å². The molecule has 3 nitrogen and oxygen atoms in total. The van der Waals surface area contributed by atoms with E-state index in [4.69, 9.17) is 4.74 Å². The fourth-order valence-electron chi connectivity index (χ4n) is 3.19. The van der Waals surface area contributed by atoms with Gasteiger partial charge in [0.2, 0.25) is 0 Å². The lowest BCUT2D eigenvalue weighted by atomic mass is 9.90. The van der Waals surface area contributed by atoms with Crippen molar-refractivity contribution in [2.75, 3.05) is 25.1 Å². The first-order valence-corrected chi connectivity index (χ1v) is 8.30. The van der Waals surface area contributed by atoms with Gasteiger partial charge in [-0.05, 0) is 36.8 Å². The summed E-state index contributed by atoms with van der Waals surface area (Å²) in [6.45, 7) is 8.38. The van der Waals surface area contributed by atoms with E-state index in [1.165, 1.54) is 5.56 Å². The number of aromatic nitrogens is 1. The second-order valence-corrected chi connectivity index (χ2v) is 7.12. The van der Waals surface area contributed by atoms with Crippen LogP contribution in [0.15, 0.2) is 42.6 Å². The number of anilines is 1. The highest BCUT2D eigenvalue weighted by Crippen LogP contribution is 2.33. The Morgan fingerprint density at radius 2 is 1.96 bits per heavy atom. The fourth-order valence-corrected chi connectivity index (χ4v) is 3.19. The third kappa shape index (κ3) is 3.60. The van der Waals surface area contributed by atoms with Crippen LogP contribution in [0.5, 0.6) is 0 Å². The highest BCUT2D eigenvalue weighted by molar-refractivity contribution is 5.47. The molecule has 0 radical (unpaired) electrons. The Kier molecular flexibility index (Phi) is 4.59. The summed E-state index contributed by atoms with van der Waals surface area (Å²) < 4.78 is 5.61. The van der Waals surface area contributed by atoms with Gasteiger partial charge in [-0.2, -0.15) is 0 Å². The summed E-state index contributed by atoms with van der Waals surface area (Å²) in [4.78, 5) is 6.88. The van der Waals surface area contributed by atoms with Gasteiger partial charge in [0.15, 0.2) is 0 Å². The Morgan fingerprint density at radius 1 is 1.17 bits per heavy atom. The maximum Gasteiger partial charge on any atom is 0.128 e. The molecule has 3 heteroatoms. The van der Waals surface area contributed by atoms with Crippen molar-refractivity contribution in [2.45, 2.75) is 26.9 Å². The lowest BCUT2D eigenvalue weighted by Gasteiger charge is -2.23. The number of ether oxygens (including phenoxy) is 1. The van der Waals surface area contributed by atoms with Crippen LogP contribution in [0.3, 0.4) is 0 Å². The molecule has 0 aliphatic carbocycles. The monoisotopic (exact) mass is 320 g/mol. The SMILES string of the molecule is COC1CN(c2ccc(C#Cc3cccc(C)c3)cn2)CC1(C)C. The van der Waals surface area contributed by atoms with E-state index in [1.54, 1.807) is 7.11 Å². The van der Waals surface area contributed by atoms with Crippen LogP contribution in [-0.2, 0) is 4.74 Å². The topological polar surface area (TPSA) is 25.4 Å². The Balaban J connectivity index is 1.73. The van der Waals surface area contributed by atoms with E-state index in [0.717, 1.165) is 30.0 Å². The van der Waals surface area contributed by atoms with Gasteiger partial charge in [0.1, 0.15) is 5.82 Å². The predicted octanol–water partition coefficient (Wildman–Crippen LogP) is 3.65. The molecule has 24 heavy (non-hydrogen) atoms. The van der Waals surface area contributed by atoms with Gasteiger partial charge in [-0.3, -0.25) is 0 Å². The van der Waals surface area contributed by atoms with Crippen LogP contribution >= 0.6 is 0 Å². The molecule has 1 atom stereocenters. The van der Waals surface area contributed by atoms with Gasteiger partial charge in [0.05, 0.1) is 6.10 Å². The molecule has 0 amide bonds. The highest BCUT2D eigenvalue weighted by Gasteiger charge is 2.39. The second kappa shape index (κ2) is 6.67. The zero-order valence-electron chi connectivity index (χ0n) is 14.8. The Labute approximate surface area is 144 Å². The molecule has 2 aromatic rings. The average Bonchev–Trinajstić information content (AvgIpc) is 2.88. The van der Waals surface area contributed by atoms with Crippen LogP contribution in [0.2, 0.25) is 0 Å². The Morgan fingerprint density at radius 3 is 2.58 bits per heavy atom. The molecule has 3 rings (SSSR count). The van der Waals surface area contributed by atoms with Gasteiger partial charge in [-0.15, -0.1) is 0 Å². The van der Waals surface area contributed by atoms with Crippen LogP contribution in [0.1, 0.15) is 30.5 Å². The van der Waals surface area contributed by atoms with Gasteiger partial charge in [0, 0.05) is 42.9 Å². The molecule has 0 saturated carbocycles. The average molecular weight is 320 g/mol. The van der Waals surface area contributed by atoms with Gasteiger partial charge in [0.25, 0.3) is 0 Å². The number of hydrogen-bond acceptors (Lipinski definition) is 3. The molecule has 1 aromatic heterocycles. The maximum atomic E-state index is 5.61. The van der Waals surface area contributed by atoms with Crippen LogP contribution in [0.4, 0.5) is 5.82 Å². The van der Waals surface area contributed by atoms with E-state index in [2.05, 4.69) is 54.6 Å². The maximum absolute atomic E-state index is 5.61. The summed E-state index contributed by atoms with van der Waals surface area (Å²) in [5, 5.41) is 0. The van der Waals surface area contributed by atoms with Crippen LogP contribution < -0.4 is 4.90 Å². The van der Waals surface area contributed by atoms with Crippen molar-refractivity contribution in [3.05, 3.63) is 59.3 Å². The molecule has 2 heterocycles. The van der Waals surface area contributed by atoms with Gasteiger partial charge in [-0.25, -0.2) is 4.98 Å². The van der Waals surface area contributed by atoms with Gasteiger partial charge < -0.3 is 9.64 Å². The van der Waals surface area contributed by atoms with E-state index in [-0.39, 0.29) is 11.5 Å². The minimum atomic E-state index is 0.139. The first-order valence-electron chi connectivity index (χ1n) is 8.30. The predicted molar refractivity (Wildman–Crippen MR) is 98.2 cm³/mol. The molecule has 1 unspecified atom stereocenters.